The van der Waals surface area contributed by atoms with E-state index in [1.54, 1.807) is 25.1 Å². The van der Waals surface area contributed by atoms with Gasteiger partial charge in [-0.3, -0.25) is 19.4 Å². The maximum absolute atomic E-state index is 12.7. The van der Waals surface area contributed by atoms with E-state index < -0.39 is 11.2 Å². The number of hydrogen-bond donors (Lipinski definition) is 3. The fourth-order valence-electron chi connectivity index (χ4n) is 3.47. The fraction of sp³-hybridized carbons (Fsp3) is 0.400. The van der Waals surface area contributed by atoms with Crippen LogP contribution >= 0.6 is 0 Å². The van der Waals surface area contributed by atoms with Crippen LogP contribution in [0.5, 0.6) is 0 Å². The van der Waals surface area contributed by atoms with Gasteiger partial charge in [-0.2, -0.15) is 0 Å². The van der Waals surface area contributed by atoms with Crippen molar-refractivity contribution in [3.8, 4) is 0 Å². The first-order chi connectivity index (χ1) is 13.4. The maximum atomic E-state index is 12.7. The van der Waals surface area contributed by atoms with Crippen LogP contribution in [0.2, 0.25) is 0 Å². The average molecular weight is 384 g/mol. The fourth-order valence-corrected chi connectivity index (χ4v) is 3.47. The van der Waals surface area contributed by atoms with Crippen molar-refractivity contribution in [1.82, 2.24) is 14.9 Å². The third-order valence-corrected chi connectivity index (χ3v) is 5.09. The zero-order valence-corrected chi connectivity index (χ0v) is 16.1. The standard InChI is InChI=1S/C20H24N4O4/c1-12-14(19(27)24-10-3-4-11-24)6-5-7-16(12)22-17(25)9-8-15-13(2)21-20(28)23-18(15)26/h5-7H,3-4,8-11H2,1-2H3,(H,22,25)(H2,21,23,26,28). The first kappa shape index (κ1) is 19.6. The highest BCUT2D eigenvalue weighted by molar-refractivity contribution is 5.99. The Bertz CT molecular complexity index is 1020. The molecule has 0 bridgehead atoms. The van der Waals surface area contributed by atoms with Gasteiger partial charge in [-0.25, -0.2) is 4.79 Å². The lowest BCUT2D eigenvalue weighted by Gasteiger charge is -2.18. The molecule has 8 nitrogen and oxygen atoms in total. The van der Waals surface area contributed by atoms with Gasteiger partial charge in [0.25, 0.3) is 11.5 Å². The van der Waals surface area contributed by atoms with Crippen molar-refractivity contribution in [3.05, 3.63) is 61.4 Å². The molecule has 0 radical (unpaired) electrons. The number of carbonyl (C=O) groups is 2. The van der Waals surface area contributed by atoms with Gasteiger partial charge in [0, 0.05) is 42.0 Å². The summed E-state index contributed by atoms with van der Waals surface area (Å²) < 4.78 is 0. The Morgan fingerprint density at radius 1 is 1.11 bits per heavy atom. The van der Waals surface area contributed by atoms with Crippen LogP contribution in [-0.2, 0) is 11.2 Å². The van der Waals surface area contributed by atoms with Crippen molar-refractivity contribution in [1.29, 1.82) is 0 Å². The molecule has 0 spiro atoms. The summed E-state index contributed by atoms with van der Waals surface area (Å²) in [6.07, 6.45) is 2.32. The Kier molecular flexibility index (Phi) is 5.77. The quantitative estimate of drug-likeness (QED) is 0.724. The predicted molar refractivity (Wildman–Crippen MR) is 106 cm³/mol. The average Bonchev–Trinajstić information content (AvgIpc) is 3.16. The smallest absolute Gasteiger partial charge is 0.325 e. The number of benzene rings is 1. The second-order valence-corrected chi connectivity index (χ2v) is 7.04. The number of aromatic amines is 2. The Morgan fingerprint density at radius 2 is 1.82 bits per heavy atom. The van der Waals surface area contributed by atoms with Crippen LogP contribution < -0.4 is 16.6 Å². The van der Waals surface area contributed by atoms with Gasteiger partial charge in [0.1, 0.15) is 0 Å². The molecule has 28 heavy (non-hydrogen) atoms. The summed E-state index contributed by atoms with van der Waals surface area (Å²) in [5.41, 5.74) is 1.69. The van der Waals surface area contributed by atoms with Gasteiger partial charge < -0.3 is 15.2 Å². The number of nitrogens with zero attached hydrogens (tertiary/aromatic N) is 1. The molecular formula is C20H24N4O4. The zero-order valence-electron chi connectivity index (χ0n) is 16.1. The number of hydrogen-bond acceptors (Lipinski definition) is 4. The highest BCUT2D eigenvalue weighted by atomic mass is 16.2. The molecule has 0 atom stereocenters. The molecule has 2 amide bonds. The molecule has 1 fully saturated rings. The number of aromatic nitrogens is 2. The summed E-state index contributed by atoms with van der Waals surface area (Å²) in [4.78, 5) is 54.7. The Balaban J connectivity index is 1.69. The predicted octanol–water partition coefficient (Wildman–Crippen LogP) is 1.49. The van der Waals surface area contributed by atoms with E-state index in [1.165, 1.54) is 0 Å². The normalized spacial score (nSPS) is 13.6. The van der Waals surface area contributed by atoms with Crippen LogP contribution in [0.4, 0.5) is 5.69 Å². The third-order valence-electron chi connectivity index (χ3n) is 5.09. The second kappa shape index (κ2) is 8.24. The van der Waals surface area contributed by atoms with E-state index in [2.05, 4.69) is 15.3 Å². The van der Waals surface area contributed by atoms with Gasteiger partial charge in [0.2, 0.25) is 5.91 Å². The highest BCUT2D eigenvalue weighted by Gasteiger charge is 2.22. The molecule has 3 rings (SSSR count). The molecule has 0 unspecified atom stereocenters. The van der Waals surface area contributed by atoms with E-state index in [0.29, 0.717) is 22.5 Å². The SMILES string of the molecule is Cc1[nH]c(=O)[nH]c(=O)c1CCC(=O)Nc1cccc(C(=O)N2CCCC2)c1C. The van der Waals surface area contributed by atoms with Crippen LogP contribution in [0.3, 0.4) is 0 Å². The minimum atomic E-state index is -0.564. The van der Waals surface area contributed by atoms with Crippen molar-refractivity contribution in [2.24, 2.45) is 0 Å². The molecule has 1 aliphatic heterocycles. The lowest BCUT2D eigenvalue weighted by Crippen LogP contribution is -2.28. The number of anilines is 1. The van der Waals surface area contributed by atoms with Gasteiger partial charge in [0.05, 0.1) is 0 Å². The summed E-state index contributed by atoms with van der Waals surface area (Å²) >= 11 is 0. The van der Waals surface area contributed by atoms with Gasteiger partial charge >= 0.3 is 5.69 Å². The van der Waals surface area contributed by atoms with Crippen LogP contribution in [0, 0.1) is 13.8 Å². The molecule has 2 heterocycles. The van der Waals surface area contributed by atoms with Crippen LogP contribution in [-0.4, -0.2) is 39.8 Å². The van der Waals surface area contributed by atoms with Gasteiger partial charge in [-0.1, -0.05) is 6.07 Å². The number of H-pyrrole nitrogens is 2. The summed E-state index contributed by atoms with van der Waals surface area (Å²) in [5.74, 6) is -0.277. The zero-order chi connectivity index (χ0) is 20.3. The lowest BCUT2D eigenvalue weighted by atomic mass is 10.0. The molecule has 0 aliphatic carbocycles. The number of nitrogens with one attached hydrogen (secondary N) is 3. The van der Waals surface area contributed by atoms with E-state index in [4.69, 9.17) is 0 Å². The number of rotatable bonds is 5. The largest absolute Gasteiger partial charge is 0.339 e. The van der Waals surface area contributed by atoms with Crippen molar-refractivity contribution >= 4 is 17.5 Å². The maximum Gasteiger partial charge on any atom is 0.325 e. The van der Waals surface area contributed by atoms with Crippen molar-refractivity contribution in [2.45, 2.75) is 39.5 Å². The molecule has 1 aromatic heterocycles. The number of aryl methyl sites for hydroxylation is 1. The van der Waals surface area contributed by atoms with Crippen LogP contribution in [0.25, 0.3) is 0 Å². The summed E-state index contributed by atoms with van der Waals surface area (Å²) in [6.45, 7) is 4.97. The van der Waals surface area contributed by atoms with Crippen molar-refractivity contribution in [2.75, 3.05) is 18.4 Å². The summed E-state index contributed by atoms with van der Waals surface area (Å²) in [7, 11) is 0. The molecule has 1 saturated heterocycles. The van der Waals surface area contributed by atoms with E-state index in [1.807, 2.05) is 11.8 Å². The van der Waals surface area contributed by atoms with Gasteiger partial charge in [-0.05, 0) is 50.8 Å². The topological polar surface area (TPSA) is 115 Å². The molecule has 1 aromatic carbocycles. The molecule has 2 aromatic rings. The summed E-state index contributed by atoms with van der Waals surface area (Å²) in [6, 6.07) is 5.28. The van der Waals surface area contributed by atoms with Gasteiger partial charge in [0.15, 0.2) is 0 Å². The number of amides is 2. The molecular weight excluding hydrogens is 360 g/mol. The van der Waals surface area contributed by atoms with E-state index in [-0.39, 0.29) is 24.7 Å². The van der Waals surface area contributed by atoms with Crippen LogP contribution in [0.1, 0.15) is 46.4 Å². The first-order valence-electron chi connectivity index (χ1n) is 9.37. The molecule has 0 saturated carbocycles. The molecule has 8 heteroatoms. The number of carbonyl (C=O) groups excluding carboxylic acids is 2. The number of likely N-dealkylation sites (tertiary alicyclic amines) is 1. The molecule has 148 valence electrons. The highest BCUT2D eigenvalue weighted by Crippen LogP contribution is 2.22. The summed E-state index contributed by atoms with van der Waals surface area (Å²) in [5, 5.41) is 2.82. The molecule has 1 aliphatic rings. The van der Waals surface area contributed by atoms with E-state index in [9.17, 15) is 19.2 Å². The van der Waals surface area contributed by atoms with E-state index in [0.717, 1.165) is 31.5 Å². The molecule has 3 N–H and O–H groups in total. The Hall–Kier alpha value is -3.16. The van der Waals surface area contributed by atoms with E-state index >= 15 is 0 Å². The minimum absolute atomic E-state index is 0.0125. The van der Waals surface area contributed by atoms with Crippen LogP contribution in [0.15, 0.2) is 27.8 Å². The monoisotopic (exact) mass is 384 g/mol. The minimum Gasteiger partial charge on any atom is -0.339 e. The first-order valence-corrected chi connectivity index (χ1v) is 9.37. The Morgan fingerprint density at radius 3 is 2.50 bits per heavy atom. The second-order valence-electron chi connectivity index (χ2n) is 7.04. The lowest BCUT2D eigenvalue weighted by molar-refractivity contribution is -0.116. The van der Waals surface area contributed by atoms with Gasteiger partial charge in [-0.15, -0.1) is 0 Å². The van der Waals surface area contributed by atoms with Crippen molar-refractivity contribution < 1.29 is 9.59 Å². The van der Waals surface area contributed by atoms with Crippen molar-refractivity contribution in [3.63, 3.8) is 0 Å². The third kappa shape index (κ3) is 4.21. The Labute approximate surface area is 162 Å².